The summed E-state index contributed by atoms with van der Waals surface area (Å²) in [4.78, 5) is 8.22. The number of rotatable bonds is 6. The minimum absolute atomic E-state index is 0.696. The number of benzene rings is 1. The summed E-state index contributed by atoms with van der Waals surface area (Å²) in [5.74, 6) is 0.792. The van der Waals surface area contributed by atoms with Gasteiger partial charge in [-0.25, -0.2) is 4.98 Å². The molecule has 1 aromatic carbocycles. The second kappa shape index (κ2) is 8.32. The van der Waals surface area contributed by atoms with Gasteiger partial charge in [-0.05, 0) is 24.1 Å². The number of aromatic nitrogens is 2. The number of halogens is 1. The highest BCUT2D eigenvalue weighted by Crippen LogP contribution is 2.10. The van der Waals surface area contributed by atoms with E-state index in [0.29, 0.717) is 6.54 Å². The molecule has 0 aliphatic carbocycles. The lowest BCUT2D eigenvalue weighted by atomic mass is 10.2. The molecule has 0 unspecified atom stereocenters. The molecule has 1 aromatic heterocycles. The first-order chi connectivity index (χ1) is 10.3. The summed E-state index contributed by atoms with van der Waals surface area (Å²) in [6.07, 6.45) is 6.59. The van der Waals surface area contributed by atoms with Gasteiger partial charge in [0.05, 0.1) is 6.33 Å². The fraction of sp³-hybridized carbons (Fsp3) is 0.333. The number of aryl methyl sites for hydroxylation is 1. The largest absolute Gasteiger partial charge is 0.356 e. The van der Waals surface area contributed by atoms with Crippen molar-refractivity contribution in [3.05, 3.63) is 53.6 Å². The van der Waals surface area contributed by atoms with Crippen LogP contribution in [0.15, 0.2) is 48.0 Å². The first-order valence-electron chi connectivity index (χ1n) is 6.92. The van der Waals surface area contributed by atoms with Gasteiger partial charge in [0.2, 0.25) is 0 Å². The Balaban J connectivity index is 1.68. The molecule has 0 radical (unpaired) electrons. The third kappa shape index (κ3) is 5.47. The molecular formula is C15H20ClN5. The molecule has 112 valence electrons. The zero-order chi connectivity index (χ0) is 14.9. The highest BCUT2D eigenvalue weighted by molar-refractivity contribution is 6.30. The summed E-state index contributed by atoms with van der Waals surface area (Å²) in [5.41, 5.74) is 1.13. The maximum absolute atomic E-state index is 5.96. The van der Waals surface area contributed by atoms with E-state index in [4.69, 9.17) is 11.6 Å². The van der Waals surface area contributed by atoms with Crippen LogP contribution < -0.4 is 10.6 Å². The van der Waals surface area contributed by atoms with Gasteiger partial charge in [0.15, 0.2) is 5.96 Å². The molecule has 2 rings (SSSR count). The van der Waals surface area contributed by atoms with E-state index in [2.05, 4.69) is 25.2 Å². The summed E-state index contributed by atoms with van der Waals surface area (Å²) >= 11 is 5.96. The SMILES string of the molecule is CN=C(NCCCn1ccnc1)NCc1cccc(Cl)c1. The molecule has 2 N–H and O–H groups in total. The van der Waals surface area contributed by atoms with E-state index in [-0.39, 0.29) is 0 Å². The molecule has 5 nitrogen and oxygen atoms in total. The molecule has 2 aromatic rings. The standard InChI is InChI=1S/C15H20ClN5/c1-17-15(19-6-3-8-21-9-7-18-12-21)20-11-13-4-2-5-14(16)10-13/h2,4-5,7,9-10,12H,3,6,8,11H2,1H3,(H2,17,19,20). The molecule has 0 aliphatic rings. The lowest BCUT2D eigenvalue weighted by Crippen LogP contribution is -2.37. The van der Waals surface area contributed by atoms with Gasteiger partial charge in [0.1, 0.15) is 0 Å². The number of guanidine groups is 1. The van der Waals surface area contributed by atoms with Crippen molar-refractivity contribution in [2.45, 2.75) is 19.5 Å². The van der Waals surface area contributed by atoms with Crippen molar-refractivity contribution in [1.29, 1.82) is 0 Å². The van der Waals surface area contributed by atoms with Crippen molar-refractivity contribution < 1.29 is 0 Å². The molecule has 0 aliphatic heterocycles. The van der Waals surface area contributed by atoms with Crippen molar-refractivity contribution in [2.24, 2.45) is 4.99 Å². The molecule has 1 heterocycles. The van der Waals surface area contributed by atoms with E-state index >= 15 is 0 Å². The molecule has 0 saturated carbocycles. The smallest absolute Gasteiger partial charge is 0.191 e. The predicted molar refractivity (Wildman–Crippen MR) is 86.5 cm³/mol. The number of nitrogens with one attached hydrogen (secondary N) is 2. The van der Waals surface area contributed by atoms with Crippen molar-refractivity contribution in [1.82, 2.24) is 20.2 Å². The zero-order valence-electron chi connectivity index (χ0n) is 12.1. The second-order valence-electron chi connectivity index (χ2n) is 4.64. The summed E-state index contributed by atoms with van der Waals surface area (Å²) in [5, 5.41) is 7.30. The fourth-order valence-corrected chi connectivity index (χ4v) is 2.15. The molecule has 0 atom stereocenters. The van der Waals surface area contributed by atoms with Crippen molar-refractivity contribution in [3.8, 4) is 0 Å². The Labute approximate surface area is 130 Å². The van der Waals surface area contributed by atoms with E-state index in [1.54, 1.807) is 13.2 Å². The van der Waals surface area contributed by atoms with E-state index in [1.165, 1.54) is 0 Å². The molecule has 0 saturated heterocycles. The lowest BCUT2D eigenvalue weighted by molar-refractivity contribution is 0.624. The number of aliphatic imine (C=N–C) groups is 1. The van der Waals surface area contributed by atoms with Gasteiger partial charge in [0, 0.05) is 44.1 Å². The van der Waals surface area contributed by atoms with Gasteiger partial charge < -0.3 is 15.2 Å². The third-order valence-corrected chi connectivity index (χ3v) is 3.25. The Morgan fingerprint density at radius 3 is 3.00 bits per heavy atom. The molecule has 0 fully saturated rings. The van der Waals surface area contributed by atoms with Gasteiger partial charge in [-0.15, -0.1) is 0 Å². The Bertz CT molecular complexity index is 565. The van der Waals surface area contributed by atoms with Crippen molar-refractivity contribution >= 4 is 17.6 Å². The minimum atomic E-state index is 0.696. The Hall–Kier alpha value is -2.01. The zero-order valence-corrected chi connectivity index (χ0v) is 12.8. The van der Waals surface area contributed by atoms with Crippen LogP contribution in [-0.2, 0) is 13.1 Å². The van der Waals surface area contributed by atoms with Crippen LogP contribution in [0.4, 0.5) is 0 Å². The molecule has 0 amide bonds. The van der Waals surface area contributed by atoms with Crippen LogP contribution >= 0.6 is 11.6 Å². The van der Waals surface area contributed by atoms with E-state index in [1.807, 2.05) is 36.8 Å². The number of hydrogen-bond acceptors (Lipinski definition) is 2. The molecular weight excluding hydrogens is 286 g/mol. The van der Waals surface area contributed by atoms with E-state index in [9.17, 15) is 0 Å². The highest BCUT2D eigenvalue weighted by atomic mass is 35.5. The number of hydrogen-bond donors (Lipinski definition) is 2. The quantitative estimate of drug-likeness (QED) is 0.489. The summed E-state index contributed by atoms with van der Waals surface area (Å²) in [6.45, 7) is 2.49. The summed E-state index contributed by atoms with van der Waals surface area (Å²) in [7, 11) is 1.77. The van der Waals surface area contributed by atoms with Crippen LogP contribution in [0.5, 0.6) is 0 Å². The van der Waals surface area contributed by atoms with Crippen LogP contribution in [0.25, 0.3) is 0 Å². The summed E-state index contributed by atoms with van der Waals surface area (Å²) < 4.78 is 2.06. The minimum Gasteiger partial charge on any atom is -0.356 e. The van der Waals surface area contributed by atoms with Crippen LogP contribution in [-0.4, -0.2) is 29.1 Å². The van der Waals surface area contributed by atoms with Gasteiger partial charge in [-0.1, -0.05) is 23.7 Å². The van der Waals surface area contributed by atoms with Crippen LogP contribution in [0.3, 0.4) is 0 Å². The number of nitrogens with zero attached hydrogens (tertiary/aromatic N) is 3. The van der Waals surface area contributed by atoms with Crippen molar-refractivity contribution in [2.75, 3.05) is 13.6 Å². The number of imidazole rings is 1. The molecule has 21 heavy (non-hydrogen) atoms. The molecule has 0 spiro atoms. The van der Waals surface area contributed by atoms with Crippen molar-refractivity contribution in [3.63, 3.8) is 0 Å². The van der Waals surface area contributed by atoms with Crippen LogP contribution in [0.1, 0.15) is 12.0 Å². The first kappa shape index (κ1) is 15.4. The molecule has 6 heteroatoms. The van der Waals surface area contributed by atoms with Crippen LogP contribution in [0, 0.1) is 0 Å². The topological polar surface area (TPSA) is 54.2 Å². The first-order valence-corrected chi connectivity index (χ1v) is 7.30. The Kier molecular flexibility index (Phi) is 6.09. The predicted octanol–water partition coefficient (Wildman–Crippen LogP) is 2.29. The third-order valence-electron chi connectivity index (χ3n) is 3.02. The maximum atomic E-state index is 5.96. The summed E-state index contributed by atoms with van der Waals surface area (Å²) in [6, 6.07) is 7.79. The average molecular weight is 306 g/mol. The van der Waals surface area contributed by atoms with Gasteiger partial charge in [-0.2, -0.15) is 0 Å². The van der Waals surface area contributed by atoms with E-state index in [0.717, 1.165) is 36.1 Å². The lowest BCUT2D eigenvalue weighted by Gasteiger charge is -2.12. The Morgan fingerprint density at radius 1 is 1.38 bits per heavy atom. The fourth-order valence-electron chi connectivity index (χ4n) is 1.94. The van der Waals surface area contributed by atoms with E-state index < -0.39 is 0 Å². The van der Waals surface area contributed by atoms with Gasteiger partial charge in [-0.3, -0.25) is 4.99 Å². The van der Waals surface area contributed by atoms with Gasteiger partial charge in [0.25, 0.3) is 0 Å². The van der Waals surface area contributed by atoms with Crippen LogP contribution in [0.2, 0.25) is 5.02 Å². The highest BCUT2D eigenvalue weighted by Gasteiger charge is 1.99. The Morgan fingerprint density at radius 2 is 2.29 bits per heavy atom. The second-order valence-corrected chi connectivity index (χ2v) is 5.07. The van der Waals surface area contributed by atoms with Gasteiger partial charge >= 0.3 is 0 Å². The average Bonchev–Trinajstić information content (AvgIpc) is 3.00. The maximum Gasteiger partial charge on any atom is 0.191 e. The normalized spacial score (nSPS) is 11.4. The molecule has 0 bridgehead atoms. The monoisotopic (exact) mass is 305 g/mol.